The van der Waals surface area contributed by atoms with E-state index in [0.717, 1.165) is 0 Å². The van der Waals surface area contributed by atoms with Crippen LogP contribution in [0.1, 0.15) is 45.4 Å². The van der Waals surface area contributed by atoms with Gasteiger partial charge in [-0.25, -0.2) is 0 Å². The average molecular weight is 256 g/mol. The zero-order valence-electron chi connectivity index (χ0n) is 11.3. The highest BCUT2D eigenvalue weighted by molar-refractivity contribution is 7.99. The monoisotopic (exact) mass is 256 g/mol. The SMILES string of the molecule is CCSCCCN1CCCNC2(CCCC2)C1. The Bertz CT molecular complexity index is 214. The lowest BCUT2D eigenvalue weighted by atomic mass is 9.97. The molecule has 100 valence electrons. The first-order valence-corrected chi connectivity index (χ1v) is 8.55. The number of thioether (sulfide) groups is 1. The summed E-state index contributed by atoms with van der Waals surface area (Å²) in [6, 6.07) is 0. The van der Waals surface area contributed by atoms with Gasteiger partial charge in [-0.3, -0.25) is 0 Å². The predicted octanol–water partition coefficient (Wildman–Crippen LogP) is 2.74. The van der Waals surface area contributed by atoms with Crippen molar-refractivity contribution in [2.75, 3.05) is 37.7 Å². The van der Waals surface area contributed by atoms with Gasteiger partial charge in [0, 0.05) is 12.1 Å². The smallest absolute Gasteiger partial charge is 0.0308 e. The Morgan fingerprint density at radius 2 is 2.06 bits per heavy atom. The topological polar surface area (TPSA) is 15.3 Å². The van der Waals surface area contributed by atoms with Crippen LogP contribution in [0.15, 0.2) is 0 Å². The van der Waals surface area contributed by atoms with E-state index in [2.05, 4.69) is 28.9 Å². The van der Waals surface area contributed by atoms with Crippen molar-refractivity contribution in [2.24, 2.45) is 0 Å². The number of hydrogen-bond donors (Lipinski definition) is 1. The molecule has 1 heterocycles. The average Bonchev–Trinajstić information content (AvgIpc) is 2.68. The number of rotatable bonds is 5. The van der Waals surface area contributed by atoms with Gasteiger partial charge < -0.3 is 10.2 Å². The van der Waals surface area contributed by atoms with Crippen molar-refractivity contribution >= 4 is 11.8 Å². The van der Waals surface area contributed by atoms with Crippen LogP contribution in [0, 0.1) is 0 Å². The normalized spacial score (nSPS) is 25.2. The quantitative estimate of drug-likeness (QED) is 0.762. The molecule has 0 aromatic heterocycles. The molecule has 0 radical (unpaired) electrons. The lowest BCUT2D eigenvalue weighted by Crippen LogP contribution is -2.49. The molecule has 1 aliphatic carbocycles. The minimum Gasteiger partial charge on any atom is -0.310 e. The maximum atomic E-state index is 3.84. The van der Waals surface area contributed by atoms with Gasteiger partial charge in [0.2, 0.25) is 0 Å². The van der Waals surface area contributed by atoms with E-state index >= 15 is 0 Å². The molecule has 2 rings (SSSR count). The molecular weight excluding hydrogens is 228 g/mol. The molecule has 1 spiro atoms. The van der Waals surface area contributed by atoms with Crippen LogP contribution in [0.4, 0.5) is 0 Å². The van der Waals surface area contributed by atoms with E-state index in [1.54, 1.807) is 0 Å². The van der Waals surface area contributed by atoms with Crippen LogP contribution in [0.2, 0.25) is 0 Å². The number of nitrogens with zero attached hydrogens (tertiary/aromatic N) is 1. The summed E-state index contributed by atoms with van der Waals surface area (Å²) in [5, 5.41) is 3.84. The lowest BCUT2D eigenvalue weighted by molar-refractivity contribution is 0.211. The first kappa shape index (κ1) is 13.7. The van der Waals surface area contributed by atoms with Crippen LogP contribution in [0.5, 0.6) is 0 Å². The second-order valence-electron chi connectivity index (χ2n) is 5.59. The predicted molar refractivity (Wildman–Crippen MR) is 77.9 cm³/mol. The summed E-state index contributed by atoms with van der Waals surface area (Å²) in [5.41, 5.74) is 0.494. The van der Waals surface area contributed by atoms with Gasteiger partial charge in [0.05, 0.1) is 0 Å². The summed E-state index contributed by atoms with van der Waals surface area (Å²) in [5.74, 6) is 2.61. The summed E-state index contributed by atoms with van der Waals surface area (Å²) < 4.78 is 0. The summed E-state index contributed by atoms with van der Waals surface area (Å²) in [4.78, 5) is 2.72. The van der Waals surface area contributed by atoms with Crippen molar-refractivity contribution in [1.29, 1.82) is 0 Å². The van der Waals surface area contributed by atoms with E-state index in [4.69, 9.17) is 0 Å². The van der Waals surface area contributed by atoms with Gasteiger partial charge in [0.15, 0.2) is 0 Å². The van der Waals surface area contributed by atoms with Crippen LogP contribution in [0.25, 0.3) is 0 Å². The van der Waals surface area contributed by atoms with Gasteiger partial charge in [0.1, 0.15) is 0 Å². The van der Waals surface area contributed by atoms with Gasteiger partial charge in [-0.05, 0) is 56.8 Å². The Balaban J connectivity index is 1.76. The molecule has 17 heavy (non-hydrogen) atoms. The third-order valence-electron chi connectivity index (χ3n) is 4.21. The summed E-state index contributed by atoms with van der Waals surface area (Å²) in [7, 11) is 0. The molecule has 0 amide bonds. The molecule has 0 aromatic rings. The molecule has 0 unspecified atom stereocenters. The molecular formula is C14H28N2S. The Morgan fingerprint density at radius 1 is 1.24 bits per heavy atom. The van der Waals surface area contributed by atoms with Gasteiger partial charge in [-0.1, -0.05) is 19.8 Å². The fraction of sp³-hybridized carbons (Fsp3) is 1.00. The van der Waals surface area contributed by atoms with Crippen molar-refractivity contribution in [3.05, 3.63) is 0 Å². The van der Waals surface area contributed by atoms with E-state index in [9.17, 15) is 0 Å². The summed E-state index contributed by atoms with van der Waals surface area (Å²) >= 11 is 2.08. The molecule has 0 aromatic carbocycles. The van der Waals surface area contributed by atoms with Crippen LogP contribution >= 0.6 is 11.8 Å². The third-order valence-corrected chi connectivity index (χ3v) is 5.19. The molecule has 1 saturated carbocycles. The van der Waals surface area contributed by atoms with Gasteiger partial charge in [-0.15, -0.1) is 0 Å². The van der Waals surface area contributed by atoms with E-state index < -0.39 is 0 Å². The third kappa shape index (κ3) is 4.15. The van der Waals surface area contributed by atoms with Gasteiger partial charge in [-0.2, -0.15) is 11.8 Å². The van der Waals surface area contributed by atoms with Gasteiger partial charge >= 0.3 is 0 Å². The van der Waals surface area contributed by atoms with E-state index in [1.807, 2.05) is 0 Å². The fourth-order valence-corrected chi connectivity index (χ4v) is 3.95. The van der Waals surface area contributed by atoms with Crippen molar-refractivity contribution < 1.29 is 0 Å². The van der Waals surface area contributed by atoms with Crippen molar-refractivity contribution in [2.45, 2.75) is 51.0 Å². The maximum Gasteiger partial charge on any atom is 0.0308 e. The first-order chi connectivity index (χ1) is 8.35. The fourth-order valence-electron chi connectivity index (χ4n) is 3.33. The van der Waals surface area contributed by atoms with E-state index in [-0.39, 0.29) is 0 Å². The van der Waals surface area contributed by atoms with E-state index in [0.29, 0.717) is 5.54 Å². The summed E-state index contributed by atoms with van der Waals surface area (Å²) in [6.45, 7) is 7.43. The molecule has 3 heteroatoms. The highest BCUT2D eigenvalue weighted by atomic mass is 32.2. The Hall–Kier alpha value is 0.270. The van der Waals surface area contributed by atoms with Crippen LogP contribution in [-0.4, -0.2) is 48.1 Å². The van der Waals surface area contributed by atoms with Crippen molar-refractivity contribution in [3.63, 3.8) is 0 Å². The minimum atomic E-state index is 0.494. The molecule has 1 aliphatic heterocycles. The minimum absolute atomic E-state index is 0.494. The molecule has 2 aliphatic rings. The second kappa shape index (κ2) is 7.01. The van der Waals surface area contributed by atoms with Crippen LogP contribution in [0.3, 0.4) is 0 Å². The van der Waals surface area contributed by atoms with Crippen LogP contribution < -0.4 is 5.32 Å². The highest BCUT2D eigenvalue weighted by Gasteiger charge is 2.35. The lowest BCUT2D eigenvalue weighted by Gasteiger charge is -2.33. The molecule has 0 atom stereocenters. The largest absolute Gasteiger partial charge is 0.310 e. The van der Waals surface area contributed by atoms with Gasteiger partial charge in [0.25, 0.3) is 0 Å². The molecule has 2 nitrogen and oxygen atoms in total. The zero-order valence-corrected chi connectivity index (χ0v) is 12.2. The Labute approximate surface area is 111 Å². The molecule has 0 bridgehead atoms. The number of hydrogen-bond acceptors (Lipinski definition) is 3. The van der Waals surface area contributed by atoms with Crippen LogP contribution in [-0.2, 0) is 0 Å². The number of nitrogens with one attached hydrogen (secondary N) is 1. The molecule has 1 saturated heterocycles. The first-order valence-electron chi connectivity index (χ1n) is 7.40. The zero-order chi connectivity index (χ0) is 12.0. The Morgan fingerprint density at radius 3 is 2.82 bits per heavy atom. The van der Waals surface area contributed by atoms with E-state index in [1.165, 1.54) is 76.2 Å². The Kier molecular flexibility index (Phi) is 5.64. The highest BCUT2D eigenvalue weighted by Crippen LogP contribution is 2.31. The molecule has 1 N–H and O–H groups in total. The second-order valence-corrected chi connectivity index (χ2v) is 6.99. The summed E-state index contributed by atoms with van der Waals surface area (Å²) in [6.07, 6.45) is 8.40. The maximum absolute atomic E-state index is 3.84. The van der Waals surface area contributed by atoms with Crippen molar-refractivity contribution in [1.82, 2.24) is 10.2 Å². The van der Waals surface area contributed by atoms with Crippen molar-refractivity contribution in [3.8, 4) is 0 Å². The standard InChI is InChI=1S/C14H28N2S/c1-2-17-12-6-11-16-10-5-9-15-14(13-16)7-3-4-8-14/h15H,2-13H2,1H3. The molecule has 2 fully saturated rings.